The van der Waals surface area contributed by atoms with Crippen LogP contribution in [0.4, 0.5) is 0 Å². The first-order valence-electron chi connectivity index (χ1n) is 17.1. The average molecular weight is 659 g/mol. The van der Waals surface area contributed by atoms with Gasteiger partial charge in [0.1, 0.15) is 6.15 Å². The van der Waals surface area contributed by atoms with Crippen LogP contribution in [0.3, 0.4) is 0 Å². The Kier molecular flexibility index (Phi) is 9.64. The Balaban J connectivity index is 0.00000392. The Bertz CT molecular complexity index is 2180. The third kappa shape index (κ3) is 5.89. The van der Waals surface area contributed by atoms with E-state index in [9.17, 15) is 0 Å². The molecular formula is C48H39BS. The quantitative estimate of drug-likeness (QED) is 0.113. The van der Waals surface area contributed by atoms with Crippen LogP contribution in [0, 0.1) is 0 Å². The van der Waals surface area contributed by atoms with Crippen LogP contribution in [0.25, 0.3) is 44.5 Å². The molecule has 8 rings (SSSR count). The summed E-state index contributed by atoms with van der Waals surface area (Å²) in [7, 11) is 0. The summed E-state index contributed by atoms with van der Waals surface area (Å²) >= 11 is 0. The highest BCUT2D eigenvalue weighted by molar-refractivity contribution is 7.37. The second kappa shape index (κ2) is 14.7. The summed E-state index contributed by atoms with van der Waals surface area (Å²) < 4.78 is 0. The highest BCUT2D eigenvalue weighted by Crippen LogP contribution is 2.45. The molecule has 240 valence electrons. The molecule has 0 unspecified atom stereocenters. The molecule has 0 aliphatic heterocycles. The zero-order valence-corrected chi connectivity index (χ0v) is 29.1. The Morgan fingerprint density at radius 1 is 0.260 bits per heavy atom. The molecule has 0 radical (unpaired) electrons. The Labute approximate surface area is 303 Å². The summed E-state index contributed by atoms with van der Waals surface area (Å²) in [4.78, 5) is 0. The zero-order valence-electron chi connectivity index (χ0n) is 27.9. The van der Waals surface area contributed by atoms with E-state index in [1.54, 1.807) is 0 Å². The maximum absolute atomic E-state index is 2.53. The van der Waals surface area contributed by atoms with E-state index in [4.69, 9.17) is 0 Å². The second-order valence-electron chi connectivity index (χ2n) is 12.7. The first kappa shape index (κ1) is 32.7. The molecule has 0 aromatic heterocycles. The smallest absolute Gasteiger partial charge is 0.108 e. The molecule has 8 aromatic carbocycles. The van der Waals surface area contributed by atoms with Gasteiger partial charge in [-0.05, 0) is 44.5 Å². The van der Waals surface area contributed by atoms with Crippen LogP contribution in [-0.2, 0) is 13.5 Å². The van der Waals surface area contributed by atoms with Crippen molar-refractivity contribution < 1.29 is 0 Å². The summed E-state index contributed by atoms with van der Waals surface area (Å²) in [5.74, 6) is 0. The van der Waals surface area contributed by atoms with Crippen LogP contribution in [-0.4, -0.2) is 6.15 Å². The van der Waals surface area contributed by atoms with Gasteiger partial charge in [-0.3, -0.25) is 0 Å². The predicted molar refractivity (Wildman–Crippen MR) is 223 cm³/mol. The maximum Gasteiger partial charge on any atom is 0.108 e. The molecular weight excluding hydrogens is 619 g/mol. The van der Waals surface area contributed by atoms with Crippen molar-refractivity contribution >= 4 is 41.5 Å². The molecule has 50 heavy (non-hydrogen) atoms. The van der Waals surface area contributed by atoms with Crippen molar-refractivity contribution in [3.8, 4) is 44.5 Å². The van der Waals surface area contributed by atoms with Gasteiger partial charge in [0.2, 0.25) is 0 Å². The SMILES string of the molecule is [SH3+].c1ccc(-c2cc([B-](c3ccccc3)(c3ccccc3)c3ccccc3)c(-c3ccccc3)c(-c3ccccc3)c2-c2ccccc2)cc1. The lowest BCUT2D eigenvalue weighted by molar-refractivity contribution is 1.55. The van der Waals surface area contributed by atoms with Gasteiger partial charge in [0.25, 0.3) is 0 Å². The van der Waals surface area contributed by atoms with E-state index in [0.717, 1.165) is 0 Å². The van der Waals surface area contributed by atoms with Crippen molar-refractivity contribution in [2.24, 2.45) is 0 Å². The van der Waals surface area contributed by atoms with Crippen LogP contribution in [0.1, 0.15) is 0 Å². The van der Waals surface area contributed by atoms with Gasteiger partial charge < -0.3 is 0 Å². The minimum atomic E-state index is -1.70. The van der Waals surface area contributed by atoms with E-state index in [-0.39, 0.29) is 13.5 Å². The van der Waals surface area contributed by atoms with Gasteiger partial charge in [-0.2, -0.15) is 21.9 Å². The van der Waals surface area contributed by atoms with Crippen LogP contribution < -0.4 is 21.9 Å². The van der Waals surface area contributed by atoms with Crippen molar-refractivity contribution in [1.29, 1.82) is 0 Å². The fourth-order valence-electron chi connectivity index (χ4n) is 7.95. The summed E-state index contributed by atoms with van der Waals surface area (Å²) in [5.41, 5.74) is 14.9. The van der Waals surface area contributed by atoms with Crippen LogP contribution in [0.15, 0.2) is 218 Å². The van der Waals surface area contributed by atoms with Crippen molar-refractivity contribution in [2.75, 3.05) is 0 Å². The number of hydrogen-bond donors (Lipinski definition) is 0. The Morgan fingerprint density at radius 2 is 0.540 bits per heavy atom. The first-order chi connectivity index (χ1) is 24.4. The molecule has 0 atom stereocenters. The maximum atomic E-state index is 2.53. The largest absolute Gasteiger partial charge is 0.195 e. The molecule has 0 amide bonds. The fraction of sp³-hybridized carbons (Fsp3) is 0. The van der Waals surface area contributed by atoms with Crippen LogP contribution in [0.5, 0.6) is 0 Å². The number of rotatable bonds is 8. The van der Waals surface area contributed by atoms with E-state index < -0.39 is 6.15 Å². The monoisotopic (exact) mass is 658 g/mol. The third-order valence-electron chi connectivity index (χ3n) is 10.00. The van der Waals surface area contributed by atoms with E-state index in [0.29, 0.717) is 0 Å². The third-order valence-corrected chi connectivity index (χ3v) is 10.00. The van der Waals surface area contributed by atoms with Crippen molar-refractivity contribution in [1.82, 2.24) is 0 Å². The molecule has 0 saturated carbocycles. The summed E-state index contributed by atoms with van der Waals surface area (Å²) in [5, 5.41) is 0. The zero-order chi connectivity index (χ0) is 32.9. The molecule has 0 fully saturated rings. The molecule has 0 heterocycles. The highest BCUT2D eigenvalue weighted by Gasteiger charge is 2.36. The van der Waals surface area contributed by atoms with Crippen LogP contribution >= 0.6 is 0 Å². The molecule has 0 saturated heterocycles. The van der Waals surface area contributed by atoms with Crippen LogP contribution in [0.2, 0.25) is 0 Å². The molecule has 8 aromatic rings. The molecule has 0 bridgehead atoms. The summed E-state index contributed by atoms with van der Waals surface area (Å²) in [6, 6.07) is 79.8. The van der Waals surface area contributed by atoms with E-state index >= 15 is 0 Å². The minimum absolute atomic E-state index is 0. The molecule has 2 heteroatoms. The lowest BCUT2D eigenvalue weighted by Crippen LogP contribution is -2.75. The summed E-state index contributed by atoms with van der Waals surface area (Å²) in [6.07, 6.45) is -1.70. The van der Waals surface area contributed by atoms with Crippen molar-refractivity contribution in [2.45, 2.75) is 0 Å². The lowest BCUT2D eigenvalue weighted by Gasteiger charge is -2.47. The van der Waals surface area contributed by atoms with Gasteiger partial charge in [0, 0.05) is 0 Å². The van der Waals surface area contributed by atoms with Crippen molar-refractivity contribution in [3.05, 3.63) is 218 Å². The fourth-order valence-corrected chi connectivity index (χ4v) is 7.95. The molecule has 0 nitrogen and oxygen atoms in total. The minimum Gasteiger partial charge on any atom is -0.195 e. The molecule has 0 spiro atoms. The highest BCUT2D eigenvalue weighted by atomic mass is 32.1. The normalized spacial score (nSPS) is 11.0. The standard InChI is InChI=1S/C48H36B.H2S/c1-8-22-37(23-9-1)44-36-45(49(41-30-16-5-17-31-41,42-32-18-6-19-33-42)43-34-20-7-21-35-43)47(39-26-12-3-13-27-39)48(40-28-14-4-15-29-40)46(44)38-24-10-2-11-25-38;/h1-36H;1H2/q-1;/p+1. The predicted octanol–water partition coefficient (Wildman–Crippen LogP) is 8.93. The first-order valence-corrected chi connectivity index (χ1v) is 17.1. The van der Waals surface area contributed by atoms with Gasteiger partial charge in [0.15, 0.2) is 0 Å². The van der Waals surface area contributed by atoms with E-state index in [1.165, 1.54) is 66.4 Å². The average Bonchev–Trinajstić information content (AvgIpc) is 3.20. The van der Waals surface area contributed by atoms with Gasteiger partial charge in [-0.1, -0.05) is 232 Å². The van der Waals surface area contributed by atoms with E-state index in [2.05, 4.69) is 218 Å². The molecule has 0 aliphatic rings. The van der Waals surface area contributed by atoms with Gasteiger partial charge >= 0.3 is 0 Å². The number of hydrogen-bond acceptors (Lipinski definition) is 0. The summed E-state index contributed by atoms with van der Waals surface area (Å²) in [6.45, 7) is 0. The van der Waals surface area contributed by atoms with Gasteiger partial charge in [0.05, 0.1) is 0 Å². The molecule has 0 aliphatic carbocycles. The molecule has 0 N–H and O–H groups in total. The van der Waals surface area contributed by atoms with E-state index in [1.807, 2.05) is 0 Å². The lowest BCUT2D eigenvalue weighted by atomic mass is 9.12. The Morgan fingerprint density at radius 3 is 0.900 bits per heavy atom. The topological polar surface area (TPSA) is 0 Å². The van der Waals surface area contributed by atoms with Gasteiger partial charge in [-0.15, -0.1) is 0 Å². The number of benzene rings is 8. The van der Waals surface area contributed by atoms with Crippen molar-refractivity contribution in [3.63, 3.8) is 0 Å². The Hall–Kier alpha value is -5.83. The van der Waals surface area contributed by atoms with Gasteiger partial charge in [-0.25, -0.2) is 0 Å². The second-order valence-corrected chi connectivity index (χ2v) is 12.7.